The fourth-order valence-corrected chi connectivity index (χ4v) is 3.93. The lowest BCUT2D eigenvalue weighted by Crippen LogP contribution is -2.24. The van der Waals surface area contributed by atoms with Crippen molar-refractivity contribution in [2.75, 3.05) is 79.3 Å². The van der Waals surface area contributed by atoms with E-state index in [0.717, 1.165) is 32.5 Å². The minimum Gasteiger partial charge on any atom is -0.379 e. The van der Waals surface area contributed by atoms with Crippen molar-refractivity contribution in [1.29, 1.82) is 0 Å². The normalized spacial score (nSPS) is 16.2. The third-order valence-electron chi connectivity index (χ3n) is 6.05. The van der Waals surface area contributed by atoms with Crippen LogP contribution < -0.4 is 0 Å². The van der Waals surface area contributed by atoms with Crippen molar-refractivity contribution < 1.29 is 33.2 Å². The zero-order valence-electron chi connectivity index (χ0n) is 22.8. The van der Waals surface area contributed by atoms with Gasteiger partial charge in [0.05, 0.1) is 66.1 Å². The molecule has 0 aliphatic carbocycles. The zero-order valence-corrected chi connectivity index (χ0v) is 22.8. The molecule has 1 aliphatic heterocycles. The Hall–Kier alpha value is -0.280. The van der Waals surface area contributed by atoms with E-state index >= 15 is 0 Å². The summed E-state index contributed by atoms with van der Waals surface area (Å²) in [5.74, 6) is 0. The molecule has 1 rings (SSSR count). The number of hydrogen-bond donors (Lipinski definition) is 0. The first kappa shape index (κ1) is 32.7. The molecule has 1 aliphatic rings. The second-order valence-electron chi connectivity index (χ2n) is 9.26. The molecule has 1 heterocycles. The van der Waals surface area contributed by atoms with E-state index in [0.29, 0.717) is 66.1 Å². The number of unbranched alkanes of at least 4 members (excludes halogenated alkanes) is 10. The third kappa shape index (κ3) is 25.2. The van der Waals surface area contributed by atoms with Gasteiger partial charge >= 0.3 is 0 Å². The van der Waals surface area contributed by atoms with Gasteiger partial charge in [-0.2, -0.15) is 0 Å². The molecule has 0 saturated carbocycles. The Labute approximate surface area is 215 Å². The fourth-order valence-electron chi connectivity index (χ4n) is 3.93. The van der Waals surface area contributed by atoms with Gasteiger partial charge in [-0.1, -0.05) is 71.1 Å². The molecule has 0 aromatic heterocycles. The molecule has 35 heavy (non-hydrogen) atoms. The summed E-state index contributed by atoms with van der Waals surface area (Å²) < 4.78 is 38.8. The summed E-state index contributed by atoms with van der Waals surface area (Å²) in [7, 11) is 0. The minimum atomic E-state index is -0.0449. The van der Waals surface area contributed by atoms with Gasteiger partial charge in [0.15, 0.2) is 6.29 Å². The van der Waals surface area contributed by atoms with Crippen LogP contribution in [-0.4, -0.2) is 85.6 Å². The average Bonchev–Trinajstić information content (AvgIpc) is 2.89. The monoisotopic (exact) mass is 504 g/mol. The molecule has 1 fully saturated rings. The Bertz CT molecular complexity index is 392. The second kappa shape index (κ2) is 28.3. The van der Waals surface area contributed by atoms with Gasteiger partial charge in [0.1, 0.15) is 0 Å². The molecule has 1 unspecified atom stereocenters. The van der Waals surface area contributed by atoms with Crippen molar-refractivity contribution in [1.82, 2.24) is 0 Å². The number of hydrogen-bond acceptors (Lipinski definition) is 7. The highest BCUT2D eigenvalue weighted by Crippen LogP contribution is 2.13. The lowest BCUT2D eigenvalue weighted by molar-refractivity contribution is -0.169. The topological polar surface area (TPSA) is 64.6 Å². The molecule has 0 aromatic rings. The molecule has 210 valence electrons. The van der Waals surface area contributed by atoms with Crippen LogP contribution in [0, 0.1) is 0 Å². The Balaban J connectivity index is 1.61. The molecule has 0 spiro atoms. The van der Waals surface area contributed by atoms with Crippen LogP contribution in [0.5, 0.6) is 0 Å². The molecule has 1 saturated heterocycles. The van der Waals surface area contributed by atoms with Crippen LogP contribution in [0.4, 0.5) is 0 Å². The summed E-state index contributed by atoms with van der Waals surface area (Å²) in [4.78, 5) is 0. The summed E-state index contributed by atoms with van der Waals surface area (Å²) in [5.41, 5.74) is 0. The molecule has 0 radical (unpaired) electrons. The van der Waals surface area contributed by atoms with Crippen LogP contribution in [0.25, 0.3) is 0 Å². The van der Waals surface area contributed by atoms with Crippen molar-refractivity contribution in [3.8, 4) is 0 Å². The van der Waals surface area contributed by atoms with E-state index in [1.807, 2.05) is 0 Å². The Morgan fingerprint density at radius 1 is 0.486 bits per heavy atom. The molecular weight excluding hydrogens is 448 g/mol. The fraction of sp³-hybridized carbons (Fsp3) is 1.00. The average molecular weight is 505 g/mol. The van der Waals surface area contributed by atoms with Crippen molar-refractivity contribution in [2.24, 2.45) is 0 Å². The first-order valence-corrected chi connectivity index (χ1v) is 14.6. The largest absolute Gasteiger partial charge is 0.379 e. The summed E-state index contributed by atoms with van der Waals surface area (Å²) >= 11 is 0. The van der Waals surface area contributed by atoms with Crippen LogP contribution in [0.1, 0.15) is 96.8 Å². The lowest BCUT2D eigenvalue weighted by Gasteiger charge is -2.22. The lowest BCUT2D eigenvalue weighted by atomic mass is 10.1. The van der Waals surface area contributed by atoms with Crippen molar-refractivity contribution in [3.63, 3.8) is 0 Å². The van der Waals surface area contributed by atoms with Crippen LogP contribution >= 0.6 is 0 Å². The van der Waals surface area contributed by atoms with Gasteiger partial charge in [0.2, 0.25) is 0 Å². The third-order valence-corrected chi connectivity index (χ3v) is 6.05. The van der Waals surface area contributed by atoms with E-state index < -0.39 is 0 Å². The highest BCUT2D eigenvalue weighted by molar-refractivity contribution is 4.53. The van der Waals surface area contributed by atoms with E-state index in [-0.39, 0.29) is 6.29 Å². The van der Waals surface area contributed by atoms with E-state index in [1.165, 1.54) is 70.6 Å². The first-order valence-electron chi connectivity index (χ1n) is 14.6. The predicted octanol–water partition coefficient (Wildman–Crippen LogP) is 5.92. The van der Waals surface area contributed by atoms with E-state index in [1.54, 1.807) is 0 Å². The molecular formula is C28H56O7. The van der Waals surface area contributed by atoms with Crippen LogP contribution in [0.15, 0.2) is 0 Å². The summed E-state index contributed by atoms with van der Waals surface area (Å²) in [6, 6.07) is 0. The smallest absolute Gasteiger partial charge is 0.157 e. The van der Waals surface area contributed by atoms with Crippen LogP contribution in [-0.2, 0) is 33.2 Å². The van der Waals surface area contributed by atoms with Gasteiger partial charge in [-0.3, -0.25) is 0 Å². The van der Waals surface area contributed by atoms with Gasteiger partial charge in [-0.05, 0) is 25.7 Å². The second-order valence-corrected chi connectivity index (χ2v) is 9.26. The quantitative estimate of drug-likeness (QED) is 0.122. The van der Waals surface area contributed by atoms with Gasteiger partial charge < -0.3 is 33.2 Å². The SMILES string of the molecule is CCCCCCCCCCCCCOCCOCCOCCOCCOCCOC1CCCCO1. The maximum atomic E-state index is 5.64. The molecule has 1 atom stereocenters. The van der Waals surface area contributed by atoms with E-state index in [2.05, 4.69) is 6.92 Å². The highest BCUT2D eigenvalue weighted by Gasteiger charge is 2.13. The van der Waals surface area contributed by atoms with Gasteiger partial charge in [0.25, 0.3) is 0 Å². The summed E-state index contributed by atoms with van der Waals surface area (Å²) in [6.07, 6.45) is 18.2. The van der Waals surface area contributed by atoms with Gasteiger partial charge in [-0.25, -0.2) is 0 Å². The van der Waals surface area contributed by atoms with Gasteiger partial charge in [-0.15, -0.1) is 0 Å². The standard InChI is InChI=1S/C28H56O7/c1-2-3-4-5-6-7-8-9-10-11-13-16-29-18-19-30-20-21-31-22-23-32-24-25-33-26-27-35-28-15-12-14-17-34-28/h28H,2-27H2,1H3. The minimum absolute atomic E-state index is 0.0449. The Morgan fingerprint density at radius 3 is 1.37 bits per heavy atom. The Kier molecular flexibility index (Phi) is 26.5. The number of rotatable bonds is 28. The number of ether oxygens (including phenoxy) is 7. The molecule has 0 amide bonds. The first-order chi connectivity index (χ1) is 17.4. The summed E-state index contributed by atoms with van der Waals surface area (Å²) in [6.45, 7) is 9.81. The molecule has 7 heteroatoms. The maximum Gasteiger partial charge on any atom is 0.157 e. The van der Waals surface area contributed by atoms with E-state index in [4.69, 9.17) is 33.2 Å². The maximum absolute atomic E-state index is 5.64. The molecule has 0 aromatic carbocycles. The predicted molar refractivity (Wildman–Crippen MR) is 140 cm³/mol. The van der Waals surface area contributed by atoms with Crippen molar-refractivity contribution in [3.05, 3.63) is 0 Å². The summed E-state index contributed by atoms with van der Waals surface area (Å²) in [5, 5.41) is 0. The highest BCUT2D eigenvalue weighted by atomic mass is 16.7. The van der Waals surface area contributed by atoms with Crippen LogP contribution in [0.3, 0.4) is 0 Å². The van der Waals surface area contributed by atoms with Gasteiger partial charge in [0, 0.05) is 13.2 Å². The Morgan fingerprint density at radius 2 is 0.914 bits per heavy atom. The van der Waals surface area contributed by atoms with E-state index in [9.17, 15) is 0 Å². The zero-order chi connectivity index (χ0) is 24.9. The molecule has 0 N–H and O–H groups in total. The van der Waals surface area contributed by atoms with Crippen molar-refractivity contribution in [2.45, 2.75) is 103 Å². The molecule has 7 nitrogen and oxygen atoms in total. The van der Waals surface area contributed by atoms with Crippen molar-refractivity contribution >= 4 is 0 Å². The molecule has 0 bridgehead atoms. The van der Waals surface area contributed by atoms with Crippen LogP contribution in [0.2, 0.25) is 0 Å².